The smallest absolute Gasteiger partial charge is 0.141 e. The van der Waals surface area contributed by atoms with Crippen LogP contribution in [0, 0.1) is 11.7 Å². The standard InChI is InChI=1S/C12H17FN2/c1-2-11(14-7-9-3-4-9)12-6-5-10(13)8-15-12/h5-6,8-9,11,14H,2-4,7H2,1H3. The van der Waals surface area contributed by atoms with E-state index < -0.39 is 0 Å². The van der Waals surface area contributed by atoms with Gasteiger partial charge in [0.1, 0.15) is 5.82 Å². The topological polar surface area (TPSA) is 24.9 Å². The van der Waals surface area contributed by atoms with Crippen molar-refractivity contribution in [1.82, 2.24) is 10.3 Å². The van der Waals surface area contributed by atoms with Gasteiger partial charge in [-0.1, -0.05) is 6.92 Å². The van der Waals surface area contributed by atoms with Gasteiger partial charge < -0.3 is 5.32 Å². The molecule has 1 aliphatic carbocycles. The predicted octanol–water partition coefficient (Wildman–Crippen LogP) is 2.67. The van der Waals surface area contributed by atoms with Crippen LogP contribution in [0.15, 0.2) is 18.3 Å². The van der Waals surface area contributed by atoms with E-state index in [1.807, 2.05) is 0 Å². The molecule has 0 spiro atoms. The van der Waals surface area contributed by atoms with Crippen LogP contribution in [0.2, 0.25) is 0 Å². The minimum Gasteiger partial charge on any atom is -0.308 e. The molecule has 1 heterocycles. The molecular weight excluding hydrogens is 191 g/mol. The fourth-order valence-electron chi connectivity index (χ4n) is 1.68. The van der Waals surface area contributed by atoms with Crippen molar-refractivity contribution >= 4 is 0 Å². The van der Waals surface area contributed by atoms with Crippen LogP contribution in [0.1, 0.15) is 37.9 Å². The Hall–Kier alpha value is -0.960. The first kappa shape index (κ1) is 10.6. The zero-order chi connectivity index (χ0) is 10.7. The van der Waals surface area contributed by atoms with E-state index >= 15 is 0 Å². The number of nitrogens with one attached hydrogen (secondary N) is 1. The molecule has 15 heavy (non-hydrogen) atoms. The van der Waals surface area contributed by atoms with Gasteiger partial charge in [-0.3, -0.25) is 4.98 Å². The molecule has 1 N–H and O–H groups in total. The Labute approximate surface area is 89.9 Å². The van der Waals surface area contributed by atoms with E-state index in [-0.39, 0.29) is 11.9 Å². The molecule has 2 rings (SSSR count). The van der Waals surface area contributed by atoms with Crippen LogP contribution in [0.25, 0.3) is 0 Å². The number of rotatable bonds is 5. The molecule has 0 amide bonds. The highest BCUT2D eigenvalue weighted by molar-refractivity contribution is 5.09. The molecule has 3 heteroatoms. The quantitative estimate of drug-likeness (QED) is 0.804. The summed E-state index contributed by atoms with van der Waals surface area (Å²) >= 11 is 0. The van der Waals surface area contributed by atoms with Crippen molar-refractivity contribution in [3.05, 3.63) is 29.8 Å². The molecule has 0 bridgehead atoms. The minimum absolute atomic E-state index is 0.268. The molecule has 1 aromatic rings. The van der Waals surface area contributed by atoms with Crippen LogP contribution >= 0.6 is 0 Å². The zero-order valence-corrected chi connectivity index (χ0v) is 9.04. The average Bonchev–Trinajstić information content (AvgIpc) is 3.05. The summed E-state index contributed by atoms with van der Waals surface area (Å²) in [7, 11) is 0. The Morgan fingerprint density at radius 1 is 1.53 bits per heavy atom. The number of pyridine rings is 1. The fourth-order valence-corrected chi connectivity index (χ4v) is 1.68. The Kier molecular flexibility index (Phi) is 3.31. The second kappa shape index (κ2) is 4.71. The number of hydrogen-bond acceptors (Lipinski definition) is 2. The zero-order valence-electron chi connectivity index (χ0n) is 9.04. The van der Waals surface area contributed by atoms with Crippen molar-refractivity contribution in [3.8, 4) is 0 Å². The summed E-state index contributed by atoms with van der Waals surface area (Å²) in [6.45, 7) is 3.19. The van der Waals surface area contributed by atoms with Gasteiger partial charge >= 0.3 is 0 Å². The normalized spacial score (nSPS) is 17.7. The molecule has 1 aliphatic rings. The molecule has 0 radical (unpaired) electrons. The van der Waals surface area contributed by atoms with Crippen molar-refractivity contribution in [2.75, 3.05) is 6.54 Å². The lowest BCUT2D eigenvalue weighted by atomic mass is 10.1. The largest absolute Gasteiger partial charge is 0.308 e. The predicted molar refractivity (Wildman–Crippen MR) is 58.0 cm³/mol. The van der Waals surface area contributed by atoms with Gasteiger partial charge in [-0.2, -0.15) is 0 Å². The maximum atomic E-state index is 12.7. The lowest BCUT2D eigenvalue weighted by molar-refractivity contribution is 0.490. The third-order valence-corrected chi connectivity index (χ3v) is 2.87. The van der Waals surface area contributed by atoms with Crippen LogP contribution in [-0.4, -0.2) is 11.5 Å². The summed E-state index contributed by atoms with van der Waals surface area (Å²) in [6, 6.07) is 3.51. The summed E-state index contributed by atoms with van der Waals surface area (Å²) in [5.41, 5.74) is 0.944. The highest BCUT2D eigenvalue weighted by Gasteiger charge is 2.22. The Morgan fingerprint density at radius 2 is 2.33 bits per heavy atom. The average molecular weight is 208 g/mol. The molecular formula is C12H17FN2. The highest BCUT2D eigenvalue weighted by Crippen LogP contribution is 2.28. The van der Waals surface area contributed by atoms with Gasteiger partial charge in [0.2, 0.25) is 0 Å². The van der Waals surface area contributed by atoms with Gasteiger partial charge in [0, 0.05) is 6.04 Å². The summed E-state index contributed by atoms with van der Waals surface area (Å²) in [4.78, 5) is 4.11. The van der Waals surface area contributed by atoms with Crippen LogP contribution in [0.5, 0.6) is 0 Å². The van der Waals surface area contributed by atoms with Gasteiger partial charge in [0.15, 0.2) is 0 Å². The molecule has 1 fully saturated rings. The molecule has 1 unspecified atom stereocenters. The first-order valence-electron chi connectivity index (χ1n) is 5.64. The SMILES string of the molecule is CCC(NCC1CC1)c1ccc(F)cn1. The molecule has 2 nitrogen and oxygen atoms in total. The number of aromatic nitrogens is 1. The van der Waals surface area contributed by atoms with Crippen LogP contribution in [-0.2, 0) is 0 Å². The number of nitrogens with zero attached hydrogens (tertiary/aromatic N) is 1. The lowest BCUT2D eigenvalue weighted by Gasteiger charge is -2.15. The third kappa shape index (κ3) is 2.99. The van der Waals surface area contributed by atoms with E-state index in [9.17, 15) is 4.39 Å². The van der Waals surface area contributed by atoms with E-state index in [1.54, 1.807) is 6.07 Å². The van der Waals surface area contributed by atoms with Gasteiger partial charge in [-0.25, -0.2) is 4.39 Å². The lowest BCUT2D eigenvalue weighted by Crippen LogP contribution is -2.23. The van der Waals surface area contributed by atoms with Crippen molar-refractivity contribution in [1.29, 1.82) is 0 Å². The van der Waals surface area contributed by atoms with E-state index in [4.69, 9.17) is 0 Å². The molecule has 0 aliphatic heterocycles. The van der Waals surface area contributed by atoms with E-state index in [0.717, 1.165) is 24.6 Å². The molecule has 1 atom stereocenters. The summed E-state index contributed by atoms with van der Waals surface area (Å²) in [5, 5.41) is 3.48. The Morgan fingerprint density at radius 3 is 2.87 bits per heavy atom. The summed E-state index contributed by atoms with van der Waals surface area (Å²) < 4.78 is 12.7. The molecule has 1 saturated carbocycles. The van der Waals surface area contributed by atoms with E-state index in [1.165, 1.54) is 25.1 Å². The maximum absolute atomic E-state index is 12.7. The van der Waals surface area contributed by atoms with Crippen molar-refractivity contribution < 1.29 is 4.39 Å². The summed E-state index contributed by atoms with van der Waals surface area (Å²) in [6.07, 6.45) is 4.97. The van der Waals surface area contributed by atoms with Crippen LogP contribution in [0.4, 0.5) is 4.39 Å². The maximum Gasteiger partial charge on any atom is 0.141 e. The molecule has 1 aromatic heterocycles. The Balaban J connectivity index is 1.94. The second-order valence-corrected chi connectivity index (χ2v) is 4.21. The van der Waals surface area contributed by atoms with Gasteiger partial charge in [-0.15, -0.1) is 0 Å². The molecule has 0 saturated heterocycles. The van der Waals surface area contributed by atoms with Crippen molar-refractivity contribution in [2.45, 2.75) is 32.2 Å². The van der Waals surface area contributed by atoms with Crippen molar-refractivity contribution in [3.63, 3.8) is 0 Å². The van der Waals surface area contributed by atoms with Gasteiger partial charge in [0.25, 0.3) is 0 Å². The highest BCUT2D eigenvalue weighted by atomic mass is 19.1. The number of hydrogen-bond donors (Lipinski definition) is 1. The van der Waals surface area contributed by atoms with Gasteiger partial charge in [0.05, 0.1) is 11.9 Å². The second-order valence-electron chi connectivity index (χ2n) is 4.21. The van der Waals surface area contributed by atoms with Crippen molar-refractivity contribution in [2.24, 2.45) is 5.92 Å². The Bertz CT molecular complexity index is 306. The van der Waals surface area contributed by atoms with Crippen LogP contribution in [0.3, 0.4) is 0 Å². The summed E-state index contributed by atoms with van der Waals surface area (Å²) in [5.74, 6) is 0.593. The monoisotopic (exact) mass is 208 g/mol. The van der Waals surface area contributed by atoms with Crippen LogP contribution < -0.4 is 5.32 Å². The fraction of sp³-hybridized carbons (Fsp3) is 0.583. The van der Waals surface area contributed by atoms with E-state index in [2.05, 4.69) is 17.2 Å². The minimum atomic E-state index is -0.268. The molecule has 82 valence electrons. The molecule has 0 aromatic carbocycles. The van der Waals surface area contributed by atoms with E-state index in [0.29, 0.717) is 0 Å². The first-order chi connectivity index (χ1) is 7.29. The number of halogens is 1. The third-order valence-electron chi connectivity index (χ3n) is 2.87. The van der Waals surface area contributed by atoms with Gasteiger partial charge in [-0.05, 0) is 43.9 Å². The first-order valence-corrected chi connectivity index (χ1v) is 5.64.